The Bertz CT molecular complexity index is 1210. The highest BCUT2D eigenvalue weighted by Crippen LogP contribution is 2.38. The summed E-state index contributed by atoms with van der Waals surface area (Å²) >= 11 is 12.3. The van der Waals surface area contributed by atoms with Gasteiger partial charge in [-0.2, -0.15) is 0 Å². The van der Waals surface area contributed by atoms with Crippen LogP contribution in [-0.4, -0.2) is 9.55 Å². The molecule has 0 spiro atoms. The summed E-state index contributed by atoms with van der Waals surface area (Å²) < 4.78 is 2.22. The molecule has 0 aliphatic heterocycles. The van der Waals surface area contributed by atoms with E-state index in [0.29, 0.717) is 0 Å². The van der Waals surface area contributed by atoms with E-state index in [2.05, 4.69) is 47.0 Å². The summed E-state index contributed by atoms with van der Waals surface area (Å²) in [6, 6.07) is 24.5. The maximum atomic E-state index is 6.22. The molecule has 29 heavy (non-hydrogen) atoms. The Morgan fingerprint density at radius 3 is 2.41 bits per heavy atom. The molecule has 1 aromatic heterocycles. The third kappa shape index (κ3) is 3.50. The number of benzene rings is 3. The third-order valence-electron chi connectivity index (χ3n) is 5.29. The van der Waals surface area contributed by atoms with E-state index in [1.165, 1.54) is 22.3 Å². The van der Waals surface area contributed by atoms with Gasteiger partial charge in [0.2, 0.25) is 0 Å². The quantitative estimate of drug-likeness (QED) is 0.353. The molecule has 0 atom stereocenters. The van der Waals surface area contributed by atoms with Gasteiger partial charge in [-0.3, -0.25) is 0 Å². The molecule has 4 heteroatoms. The lowest BCUT2D eigenvalue weighted by Gasteiger charge is -2.13. The van der Waals surface area contributed by atoms with E-state index in [-0.39, 0.29) is 0 Å². The molecular weight excluding hydrogens is 399 g/mol. The summed E-state index contributed by atoms with van der Waals surface area (Å²) in [6.07, 6.45) is 5.09. The molecule has 0 amide bonds. The SMILES string of the molecule is Clc1ccc(Cn2cnc(-c3ccccc3)c2C2=CCc3cc(Cl)ccc32)cc1. The number of rotatable bonds is 4. The molecule has 1 aliphatic rings. The van der Waals surface area contributed by atoms with E-state index in [4.69, 9.17) is 28.2 Å². The first-order valence-corrected chi connectivity index (χ1v) is 10.3. The number of allylic oxidation sites excluding steroid dienone is 1. The highest BCUT2D eigenvalue weighted by Gasteiger charge is 2.23. The number of hydrogen-bond donors (Lipinski definition) is 0. The molecule has 0 N–H and O–H groups in total. The molecule has 2 nitrogen and oxygen atoms in total. The monoisotopic (exact) mass is 416 g/mol. The highest BCUT2D eigenvalue weighted by molar-refractivity contribution is 6.31. The second-order valence-electron chi connectivity index (χ2n) is 7.19. The lowest BCUT2D eigenvalue weighted by atomic mass is 9.99. The number of nitrogens with zero attached hydrogens (tertiary/aromatic N) is 2. The molecule has 0 saturated heterocycles. The molecule has 5 rings (SSSR count). The molecule has 0 fully saturated rings. The van der Waals surface area contributed by atoms with E-state index < -0.39 is 0 Å². The average molecular weight is 417 g/mol. The van der Waals surface area contributed by atoms with Crippen molar-refractivity contribution in [1.29, 1.82) is 0 Å². The highest BCUT2D eigenvalue weighted by atomic mass is 35.5. The normalized spacial score (nSPS) is 12.7. The molecule has 0 bridgehead atoms. The fraction of sp³-hybridized carbons (Fsp3) is 0.0800. The zero-order chi connectivity index (χ0) is 19.8. The van der Waals surface area contributed by atoms with Crippen molar-refractivity contribution in [1.82, 2.24) is 9.55 Å². The number of aromatic nitrogens is 2. The van der Waals surface area contributed by atoms with Crippen LogP contribution < -0.4 is 0 Å². The number of halogens is 2. The van der Waals surface area contributed by atoms with Gasteiger partial charge in [-0.25, -0.2) is 4.98 Å². The first-order valence-electron chi connectivity index (χ1n) is 9.53. The smallest absolute Gasteiger partial charge is 0.0963 e. The number of hydrogen-bond acceptors (Lipinski definition) is 1. The van der Waals surface area contributed by atoms with Crippen LogP contribution in [0.3, 0.4) is 0 Å². The largest absolute Gasteiger partial charge is 0.326 e. The second kappa shape index (κ2) is 7.55. The van der Waals surface area contributed by atoms with Crippen LogP contribution in [0.5, 0.6) is 0 Å². The minimum atomic E-state index is 0.729. The third-order valence-corrected chi connectivity index (χ3v) is 5.78. The molecule has 0 radical (unpaired) electrons. The summed E-state index contributed by atoms with van der Waals surface area (Å²) in [5.41, 5.74) is 8.11. The summed E-state index contributed by atoms with van der Waals surface area (Å²) in [5, 5.41) is 1.52. The van der Waals surface area contributed by atoms with Crippen molar-refractivity contribution in [2.24, 2.45) is 0 Å². The van der Waals surface area contributed by atoms with Crippen molar-refractivity contribution < 1.29 is 0 Å². The van der Waals surface area contributed by atoms with Gasteiger partial charge in [-0.15, -0.1) is 0 Å². The van der Waals surface area contributed by atoms with Crippen molar-refractivity contribution in [3.63, 3.8) is 0 Å². The van der Waals surface area contributed by atoms with Crippen LogP contribution >= 0.6 is 23.2 Å². The molecule has 3 aromatic carbocycles. The average Bonchev–Trinajstić information content (AvgIpc) is 3.33. The maximum Gasteiger partial charge on any atom is 0.0963 e. The van der Waals surface area contributed by atoms with Gasteiger partial charge in [-0.1, -0.05) is 77.8 Å². The maximum absolute atomic E-state index is 6.22. The predicted molar refractivity (Wildman–Crippen MR) is 120 cm³/mol. The van der Waals surface area contributed by atoms with E-state index in [1.54, 1.807) is 0 Å². The topological polar surface area (TPSA) is 17.8 Å². The van der Waals surface area contributed by atoms with E-state index in [0.717, 1.165) is 40.0 Å². The van der Waals surface area contributed by atoms with Crippen molar-refractivity contribution in [2.45, 2.75) is 13.0 Å². The van der Waals surface area contributed by atoms with E-state index >= 15 is 0 Å². The zero-order valence-corrected chi connectivity index (χ0v) is 17.2. The van der Waals surface area contributed by atoms with Gasteiger partial charge < -0.3 is 4.57 Å². The lowest BCUT2D eigenvalue weighted by molar-refractivity contribution is 0.787. The standard InChI is InChI=1S/C25H18Cl2N2/c26-20-9-6-17(7-10-20)15-29-16-28-24(18-4-2-1-3-5-18)25(29)23-12-8-19-14-21(27)11-13-22(19)23/h1-7,9-14,16H,8,15H2. The first kappa shape index (κ1) is 18.2. The summed E-state index contributed by atoms with van der Waals surface area (Å²) in [7, 11) is 0. The Balaban J connectivity index is 1.64. The Morgan fingerprint density at radius 2 is 1.62 bits per heavy atom. The van der Waals surface area contributed by atoms with Crippen LogP contribution in [0.15, 0.2) is 85.2 Å². The van der Waals surface area contributed by atoms with Gasteiger partial charge in [0.15, 0.2) is 0 Å². The van der Waals surface area contributed by atoms with Crippen molar-refractivity contribution in [3.05, 3.63) is 118 Å². The number of imidazole rings is 1. The predicted octanol–water partition coefficient (Wildman–Crippen LogP) is 6.89. The van der Waals surface area contributed by atoms with Gasteiger partial charge in [0, 0.05) is 27.7 Å². The van der Waals surface area contributed by atoms with Crippen molar-refractivity contribution in [2.75, 3.05) is 0 Å². The summed E-state index contributed by atoms with van der Waals surface area (Å²) in [5.74, 6) is 0. The van der Waals surface area contributed by atoms with Crippen LogP contribution in [0.2, 0.25) is 10.0 Å². The Kier molecular flexibility index (Phi) is 4.75. The zero-order valence-electron chi connectivity index (χ0n) is 15.6. The first-order chi connectivity index (χ1) is 14.2. The molecule has 0 unspecified atom stereocenters. The van der Waals surface area contributed by atoms with Gasteiger partial charge >= 0.3 is 0 Å². The fourth-order valence-corrected chi connectivity index (χ4v) is 4.24. The van der Waals surface area contributed by atoms with Crippen LogP contribution in [0.25, 0.3) is 16.8 Å². The molecule has 1 aliphatic carbocycles. The summed E-state index contributed by atoms with van der Waals surface area (Å²) in [4.78, 5) is 4.81. The number of fused-ring (bicyclic) bond motifs is 1. The minimum Gasteiger partial charge on any atom is -0.326 e. The molecular formula is C25H18Cl2N2. The Labute approximate surface area is 180 Å². The molecule has 1 heterocycles. The summed E-state index contributed by atoms with van der Waals surface area (Å²) in [6.45, 7) is 0.729. The van der Waals surface area contributed by atoms with Crippen LogP contribution in [0, 0.1) is 0 Å². The lowest BCUT2D eigenvalue weighted by Crippen LogP contribution is -2.04. The Morgan fingerprint density at radius 1 is 0.862 bits per heavy atom. The van der Waals surface area contributed by atoms with Gasteiger partial charge in [-0.05, 0) is 47.4 Å². The van der Waals surface area contributed by atoms with Crippen LogP contribution in [-0.2, 0) is 13.0 Å². The second-order valence-corrected chi connectivity index (χ2v) is 8.06. The fourth-order valence-electron chi connectivity index (χ4n) is 3.92. The minimum absolute atomic E-state index is 0.729. The van der Waals surface area contributed by atoms with Gasteiger partial charge in [0.25, 0.3) is 0 Å². The van der Waals surface area contributed by atoms with Crippen molar-refractivity contribution in [3.8, 4) is 11.3 Å². The van der Waals surface area contributed by atoms with Crippen LogP contribution in [0.1, 0.15) is 22.4 Å². The molecule has 4 aromatic rings. The molecule has 0 saturated carbocycles. The van der Waals surface area contributed by atoms with Crippen LogP contribution in [0.4, 0.5) is 0 Å². The van der Waals surface area contributed by atoms with E-state index in [9.17, 15) is 0 Å². The van der Waals surface area contributed by atoms with Gasteiger partial charge in [0.05, 0.1) is 17.7 Å². The Hall–Kier alpha value is -2.81. The molecule has 142 valence electrons. The van der Waals surface area contributed by atoms with Crippen molar-refractivity contribution >= 4 is 28.8 Å². The van der Waals surface area contributed by atoms with Gasteiger partial charge in [0.1, 0.15) is 0 Å². The van der Waals surface area contributed by atoms with E-state index in [1.807, 2.05) is 42.7 Å².